The van der Waals surface area contributed by atoms with Gasteiger partial charge in [0.1, 0.15) is 11.1 Å². The van der Waals surface area contributed by atoms with Crippen LogP contribution in [0.2, 0.25) is 0 Å². The molecule has 0 radical (unpaired) electrons. The van der Waals surface area contributed by atoms with Gasteiger partial charge in [-0.3, -0.25) is 0 Å². The second kappa shape index (κ2) is 5.48. The summed E-state index contributed by atoms with van der Waals surface area (Å²) in [6.07, 6.45) is -2.22. The van der Waals surface area contributed by atoms with Gasteiger partial charge in [0.25, 0.3) is 6.43 Å². The Morgan fingerprint density at radius 2 is 2.22 bits per heavy atom. The maximum atomic E-state index is 12.8. The fourth-order valence-corrected chi connectivity index (χ4v) is 1.43. The number of hydrogen-bond acceptors (Lipinski definition) is 5. The van der Waals surface area contributed by atoms with Gasteiger partial charge in [0.15, 0.2) is 6.20 Å². The van der Waals surface area contributed by atoms with Gasteiger partial charge in [0.2, 0.25) is 0 Å². The van der Waals surface area contributed by atoms with E-state index in [1.165, 1.54) is 6.92 Å². The fourth-order valence-electron chi connectivity index (χ4n) is 1.43. The lowest BCUT2D eigenvalue weighted by Crippen LogP contribution is -2.11. The van der Waals surface area contributed by atoms with Gasteiger partial charge in [0.05, 0.1) is 6.61 Å². The molecular weight excluding hydrogens is 250 g/mol. The van der Waals surface area contributed by atoms with Gasteiger partial charge in [-0.1, -0.05) is 0 Å². The summed E-state index contributed by atoms with van der Waals surface area (Å²) in [4.78, 5) is 24.3. The highest BCUT2D eigenvalue weighted by molar-refractivity contribution is 5.91. The molecule has 0 bridgehead atoms. The minimum absolute atomic E-state index is 0.0687. The summed E-state index contributed by atoms with van der Waals surface area (Å²) in [5.41, 5.74) is -1.24. The van der Waals surface area contributed by atoms with Crippen molar-refractivity contribution in [3.8, 4) is 0 Å². The third-order valence-electron chi connectivity index (χ3n) is 2.25. The van der Waals surface area contributed by atoms with Crippen LogP contribution in [-0.4, -0.2) is 22.5 Å². The van der Waals surface area contributed by atoms with Crippen molar-refractivity contribution in [2.24, 2.45) is 0 Å². The van der Waals surface area contributed by atoms with E-state index < -0.39 is 28.7 Å². The summed E-state index contributed by atoms with van der Waals surface area (Å²) in [7, 11) is 0. The fraction of sp³-hybridized carbons (Fsp3) is 0.400. The zero-order valence-electron chi connectivity index (χ0n) is 9.65. The van der Waals surface area contributed by atoms with Crippen LogP contribution < -0.4 is 0 Å². The number of aromatic nitrogens is 1. The number of carbonyl (C=O) groups excluding carboxylic acids is 1. The van der Waals surface area contributed by atoms with E-state index in [4.69, 9.17) is 0 Å². The van der Waals surface area contributed by atoms with Crippen LogP contribution in [0.25, 0.3) is 0 Å². The van der Waals surface area contributed by atoms with E-state index >= 15 is 0 Å². The number of esters is 1. The van der Waals surface area contributed by atoms with Crippen LogP contribution in [0.4, 0.5) is 14.6 Å². The lowest BCUT2D eigenvalue weighted by molar-refractivity contribution is -0.391. The van der Waals surface area contributed by atoms with Gasteiger partial charge in [-0.25, -0.2) is 13.6 Å². The topological polar surface area (TPSA) is 82.3 Å². The number of nitro groups is 1. The Morgan fingerprint density at radius 1 is 1.61 bits per heavy atom. The smallest absolute Gasteiger partial charge is 0.372 e. The van der Waals surface area contributed by atoms with E-state index in [9.17, 15) is 23.7 Å². The molecule has 1 heterocycles. The summed E-state index contributed by atoms with van der Waals surface area (Å²) in [5, 5.41) is 10.6. The number of ether oxygens (including phenoxy) is 1. The first-order valence-corrected chi connectivity index (χ1v) is 4.99. The molecule has 0 saturated heterocycles. The summed E-state index contributed by atoms with van der Waals surface area (Å²) >= 11 is 0. The Morgan fingerprint density at radius 3 is 2.67 bits per heavy atom. The standard InChI is InChI=1S/C10H10F2N2O4/c1-3-18-10(15)6-4-13-9(14(16)17)7(5(6)2)8(11)12/h4,8H,3H2,1-2H3. The quantitative estimate of drug-likeness (QED) is 0.471. The van der Waals surface area contributed by atoms with Crippen LogP contribution in [0.15, 0.2) is 6.20 Å². The molecule has 0 fully saturated rings. The van der Waals surface area contributed by atoms with E-state index in [0.717, 1.165) is 6.20 Å². The summed E-state index contributed by atoms with van der Waals surface area (Å²) < 4.78 is 30.2. The molecule has 0 aliphatic heterocycles. The molecule has 6 nitrogen and oxygen atoms in total. The van der Waals surface area contributed by atoms with Gasteiger partial charge < -0.3 is 14.9 Å². The molecule has 0 aromatic carbocycles. The Bertz CT molecular complexity index is 491. The molecule has 1 aromatic heterocycles. The van der Waals surface area contributed by atoms with Crippen LogP contribution >= 0.6 is 0 Å². The number of carbonyl (C=O) groups is 1. The molecule has 0 N–H and O–H groups in total. The van der Waals surface area contributed by atoms with Gasteiger partial charge in [0, 0.05) is 0 Å². The molecular formula is C10H10F2N2O4. The molecule has 0 saturated carbocycles. The lowest BCUT2D eigenvalue weighted by Gasteiger charge is -2.08. The van der Waals surface area contributed by atoms with E-state index in [-0.39, 0.29) is 17.7 Å². The monoisotopic (exact) mass is 260 g/mol. The maximum absolute atomic E-state index is 12.8. The highest BCUT2D eigenvalue weighted by atomic mass is 19.3. The average molecular weight is 260 g/mol. The normalized spacial score (nSPS) is 10.5. The minimum atomic E-state index is -3.09. The van der Waals surface area contributed by atoms with Gasteiger partial charge in [-0.05, 0) is 29.3 Å². The molecule has 0 spiro atoms. The van der Waals surface area contributed by atoms with E-state index in [0.29, 0.717) is 0 Å². The molecule has 18 heavy (non-hydrogen) atoms. The average Bonchev–Trinajstić information content (AvgIpc) is 2.27. The Balaban J connectivity index is 3.39. The third-order valence-corrected chi connectivity index (χ3v) is 2.25. The predicted octanol–water partition coefficient (Wildman–Crippen LogP) is 2.41. The second-order valence-corrected chi connectivity index (χ2v) is 3.31. The Hall–Kier alpha value is -2.12. The van der Waals surface area contributed by atoms with Crippen molar-refractivity contribution in [3.63, 3.8) is 0 Å². The third kappa shape index (κ3) is 2.58. The van der Waals surface area contributed by atoms with Crippen molar-refractivity contribution in [3.05, 3.63) is 33.0 Å². The molecule has 0 amide bonds. The van der Waals surface area contributed by atoms with Gasteiger partial charge >= 0.3 is 11.8 Å². The van der Waals surface area contributed by atoms with Crippen LogP contribution in [-0.2, 0) is 4.74 Å². The largest absolute Gasteiger partial charge is 0.462 e. The number of halogens is 2. The van der Waals surface area contributed by atoms with Crippen LogP contribution in [0.5, 0.6) is 0 Å². The Kier molecular flexibility index (Phi) is 4.24. The highest BCUT2D eigenvalue weighted by Gasteiger charge is 2.29. The van der Waals surface area contributed by atoms with Crippen molar-refractivity contribution >= 4 is 11.8 Å². The van der Waals surface area contributed by atoms with Crippen molar-refractivity contribution in [1.29, 1.82) is 0 Å². The zero-order chi connectivity index (χ0) is 13.9. The van der Waals surface area contributed by atoms with Crippen molar-refractivity contribution in [2.45, 2.75) is 20.3 Å². The summed E-state index contributed by atoms with van der Waals surface area (Å²) in [6.45, 7) is 2.82. The first-order valence-electron chi connectivity index (χ1n) is 4.99. The maximum Gasteiger partial charge on any atom is 0.372 e. The molecule has 0 aliphatic carbocycles. The molecule has 1 rings (SSSR count). The molecule has 98 valence electrons. The van der Waals surface area contributed by atoms with E-state index in [2.05, 4.69) is 9.72 Å². The summed E-state index contributed by atoms with van der Waals surface area (Å²) in [5.74, 6) is -1.78. The number of nitrogens with zero attached hydrogens (tertiary/aromatic N) is 2. The van der Waals surface area contributed by atoms with Crippen molar-refractivity contribution < 1.29 is 23.2 Å². The van der Waals surface area contributed by atoms with E-state index in [1.807, 2.05) is 0 Å². The van der Waals surface area contributed by atoms with Crippen LogP contribution in [0, 0.1) is 17.0 Å². The van der Waals surface area contributed by atoms with Crippen LogP contribution in [0.3, 0.4) is 0 Å². The minimum Gasteiger partial charge on any atom is -0.462 e. The van der Waals surface area contributed by atoms with Crippen molar-refractivity contribution in [2.75, 3.05) is 6.61 Å². The highest BCUT2D eigenvalue weighted by Crippen LogP contribution is 2.31. The Labute approximate surface area is 101 Å². The van der Waals surface area contributed by atoms with Gasteiger partial charge in [-0.15, -0.1) is 0 Å². The van der Waals surface area contributed by atoms with Gasteiger partial charge in [-0.2, -0.15) is 0 Å². The first-order chi connectivity index (χ1) is 8.40. The van der Waals surface area contributed by atoms with Crippen molar-refractivity contribution in [1.82, 2.24) is 4.98 Å². The zero-order valence-corrected chi connectivity index (χ0v) is 9.65. The molecule has 8 heteroatoms. The molecule has 0 atom stereocenters. The summed E-state index contributed by atoms with van der Waals surface area (Å²) in [6, 6.07) is 0. The predicted molar refractivity (Wildman–Crippen MR) is 56.5 cm³/mol. The first kappa shape index (κ1) is 13.9. The second-order valence-electron chi connectivity index (χ2n) is 3.31. The number of hydrogen-bond donors (Lipinski definition) is 0. The lowest BCUT2D eigenvalue weighted by atomic mass is 10.1. The molecule has 1 aromatic rings. The number of alkyl halides is 2. The van der Waals surface area contributed by atoms with Crippen LogP contribution in [0.1, 0.15) is 34.8 Å². The molecule has 0 unspecified atom stereocenters. The molecule has 0 aliphatic rings. The number of pyridine rings is 1. The SMILES string of the molecule is CCOC(=O)c1cnc([N+](=O)[O-])c(C(F)F)c1C. The van der Waals surface area contributed by atoms with E-state index in [1.54, 1.807) is 6.92 Å². The number of rotatable bonds is 4.